The summed E-state index contributed by atoms with van der Waals surface area (Å²) in [6.07, 6.45) is -0.168. The first-order chi connectivity index (χ1) is 22.5. The molecule has 3 N–H and O–H groups in total. The molecule has 48 heavy (non-hydrogen) atoms. The predicted octanol–water partition coefficient (Wildman–Crippen LogP) is 6.24. The van der Waals surface area contributed by atoms with Crippen LogP contribution in [0.3, 0.4) is 0 Å². The fourth-order valence-electron chi connectivity index (χ4n) is 5.37. The number of hydrogen-bond acceptors (Lipinski definition) is 7. The van der Waals surface area contributed by atoms with Crippen molar-refractivity contribution >= 4 is 51.3 Å². The summed E-state index contributed by atoms with van der Waals surface area (Å²) >= 11 is 1.27. The molecule has 8 nitrogen and oxygen atoms in total. The molecule has 1 atom stereocenters. The third kappa shape index (κ3) is 7.88. The number of ketones is 1. The highest BCUT2D eigenvalue weighted by Crippen LogP contribution is 2.39. The Bertz CT molecular complexity index is 1960. The number of aromatic nitrogens is 1. The minimum atomic E-state index is -1.57. The highest BCUT2D eigenvalue weighted by molar-refractivity contribution is 7.22. The van der Waals surface area contributed by atoms with E-state index in [1.165, 1.54) is 35.7 Å². The van der Waals surface area contributed by atoms with Gasteiger partial charge in [-0.05, 0) is 48.0 Å². The summed E-state index contributed by atoms with van der Waals surface area (Å²) in [6, 6.07) is 20.2. The number of nitrogens with one attached hydrogen (secondary N) is 1. The van der Waals surface area contributed by atoms with Crippen LogP contribution in [-0.4, -0.2) is 51.1 Å². The first-order valence-electron chi connectivity index (χ1n) is 15.1. The number of rotatable bonds is 12. The van der Waals surface area contributed by atoms with E-state index < -0.39 is 41.6 Å². The van der Waals surface area contributed by atoms with Crippen molar-refractivity contribution < 1.29 is 28.6 Å². The van der Waals surface area contributed by atoms with Gasteiger partial charge in [-0.2, -0.15) is 0 Å². The van der Waals surface area contributed by atoms with E-state index in [9.17, 15) is 28.3 Å². The summed E-state index contributed by atoms with van der Waals surface area (Å²) in [5.74, 6) is -3.10. The second kappa shape index (κ2) is 15.8. The van der Waals surface area contributed by atoms with Gasteiger partial charge in [0.1, 0.15) is 16.5 Å². The molecule has 0 bridgehead atoms. The second-order valence-electron chi connectivity index (χ2n) is 11.7. The number of carbonyl (C=O) groups is 2. The topological polar surface area (TPSA) is 112 Å². The number of thiophene rings is 1. The summed E-state index contributed by atoms with van der Waals surface area (Å²) in [5, 5.41) is 21.6. The average Bonchev–Trinajstić information content (AvgIpc) is 3.43. The van der Waals surface area contributed by atoms with Crippen molar-refractivity contribution in [3.05, 3.63) is 123 Å². The molecule has 1 amide bonds. The molecule has 0 aliphatic rings. The molecular formula is C36H36ClF2N3O5S. The molecule has 0 aliphatic carbocycles. The van der Waals surface area contributed by atoms with Crippen molar-refractivity contribution in [3.8, 4) is 10.4 Å². The summed E-state index contributed by atoms with van der Waals surface area (Å²) in [6.45, 7) is 3.30. The largest absolute Gasteiger partial charge is 0.393 e. The Labute approximate surface area is 286 Å². The number of nitrogens with zero attached hydrogens (tertiary/aromatic N) is 2. The maximum Gasteiger partial charge on any atom is 0.255 e. The monoisotopic (exact) mass is 695 g/mol. The molecule has 0 fully saturated rings. The Hall–Kier alpha value is -4.26. The molecule has 0 saturated heterocycles. The SMILES string of the molecule is CC(C)C(=O)c1cn(Cc2c(F)cccc2F)c2sc(-c3ccc(NC(=O)[C@H](O)CO)cc3)c(CN(C)Cc3ccccc3)c2c1=O.Cl. The molecule has 252 valence electrons. The van der Waals surface area contributed by atoms with Crippen LogP contribution in [0.2, 0.25) is 0 Å². The zero-order valence-corrected chi connectivity index (χ0v) is 28.2. The van der Waals surface area contributed by atoms with Crippen molar-refractivity contribution in [3.63, 3.8) is 0 Å². The lowest BCUT2D eigenvalue weighted by molar-refractivity contribution is -0.125. The van der Waals surface area contributed by atoms with E-state index >= 15 is 0 Å². The Kier molecular flexibility index (Phi) is 12.0. The van der Waals surface area contributed by atoms with Gasteiger partial charge in [0.15, 0.2) is 11.9 Å². The number of fused-ring (bicyclic) bond motifs is 1. The Morgan fingerprint density at radius 2 is 1.58 bits per heavy atom. The van der Waals surface area contributed by atoms with Gasteiger partial charge in [-0.3, -0.25) is 19.3 Å². The number of Topliss-reactive ketones (excluding diaryl/α,β-unsaturated/α-hetero) is 1. The number of aliphatic hydroxyl groups is 2. The predicted molar refractivity (Wildman–Crippen MR) is 187 cm³/mol. The van der Waals surface area contributed by atoms with Crippen LogP contribution < -0.4 is 10.7 Å². The van der Waals surface area contributed by atoms with E-state index in [4.69, 9.17) is 5.11 Å². The number of carbonyl (C=O) groups excluding carboxylic acids is 2. The third-order valence-electron chi connectivity index (χ3n) is 7.80. The zero-order valence-electron chi connectivity index (χ0n) is 26.6. The normalized spacial score (nSPS) is 11.9. The van der Waals surface area contributed by atoms with E-state index in [0.717, 1.165) is 5.56 Å². The first kappa shape index (κ1) is 36.6. The molecule has 5 aromatic rings. The lowest BCUT2D eigenvalue weighted by atomic mass is 9.99. The molecule has 12 heteroatoms. The van der Waals surface area contributed by atoms with Gasteiger partial charge in [-0.25, -0.2) is 8.78 Å². The van der Waals surface area contributed by atoms with Crippen LogP contribution in [0.4, 0.5) is 14.5 Å². The van der Waals surface area contributed by atoms with E-state index in [0.29, 0.717) is 45.0 Å². The zero-order chi connectivity index (χ0) is 33.8. The molecule has 0 saturated carbocycles. The Morgan fingerprint density at radius 3 is 2.19 bits per heavy atom. The van der Waals surface area contributed by atoms with Crippen LogP contribution in [0, 0.1) is 17.6 Å². The fourth-order valence-corrected chi connectivity index (χ4v) is 6.66. The van der Waals surface area contributed by atoms with E-state index in [1.807, 2.05) is 42.3 Å². The van der Waals surface area contributed by atoms with Crippen LogP contribution in [0.25, 0.3) is 20.7 Å². The van der Waals surface area contributed by atoms with Crippen molar-refractivity contribution in [1.82, 2.24) is 9.47 Å². The van der Waals surface area contributed by atoms with Crippen molar-refractivity contribution in [2.75, 3.05) is 19.0 Å². The van der Waals surface area contributed by atoms with E-state index in [-0.39, 0.29) is 35.9 Å². The van der Waals surface area contributed by atoms with Gasteiger partial charge < -0.3 is 20.1 Å². The molecule has 2 aromatic heterocycles. The Morgan fingerprint density at radius 1 is 0.938 bits per heavy atom. The first-order valence-corrected chi connectivity index (χ1v) is 15.9. The van der Waals surface area contributed by atoms with Gasteiger partial charge in [-0.15, -0.1) is 23.7 Å². The summed E-state index contributed by atoms with van der Waals surface area (Å²) < 4.78 is 31.4. The van der Waals surface area contributed by atoms with Crippen molar-refractivity contribution in [2.45, 2.75) is 39.6 Å². The van der Waals surface area contributed by atoms with Gasteiger partial charge in [0, 0.05) is 41.3 Å². The molecule has 0 unspecified atom stereocenters. The van der Waals surface area contributed by atoms with E-state index in [1.54, 1.807) is 42.7 Å². The molecule has 0 aliphatic heterocycles. The highest BCUT2D eigenvalue weighted by Gasteiger charge is 2.26. The summed E-state index contributed by atoms with van der Waals surface area (Å²) in [5.41, 5.74) is 2.11. The smallest absolute Gasteiger partial charge is 0.255 e. The van der Waals surface area contributed by atoms with Gasteiger partial charge in [-0.1, -0.05) is 62.4 Å². The molecule has 0 radical (unpaired) electrons. The number of pyridine rings is 1. The molecule has 0 spiro atoms. The molecule has 5 rings (SSSR count). The molecular weight excluding hydrogens is 660 g/mol. The third-order valence-corrected chi connectivity index (χ3v) is 9.12. The van der Waals surface area contributed by atoms with Crippen molar-refractivity contribution in [1.29, 1.82) is 0 Å². The maximum absolute atomic E-state index is 14.9. The molecule has 2 heterocycles. The standard InChI is InChI=1S/C36H35F2N3O5S.ClH/c1-21(2)32(44)27-19-41(18-25-28(37)10-7-11-29(25)38)36-31(33(27)45)26(17-40(3)16-22-8-5-4-6-9-22)34(47-36)23-12-14-24(15-13-23)39-35(46)30(43)20-42;/h4-15,19,21,30,42-43H,16-18,20H2,1-3H3,(H,39,46);1H/t30-;/m1./s1. The van der Waals surface area contributed by atoms with Gasteiger partial charge in [0.2, 0.25) is 5.43 Å². The quantitative estimate of drug-likeness (QED) is 0.133. The van der Waals surface area contributed by atoms with Crippen LogP contribution in [0.5, 0.6) is 0 Å². The summed E-state index contributed by atoms with van der Waals surface area (Å²) in [4.78, 5) is 42.9. The lowest BCUT2D eigenvalue weighted by Crippen LogP contribution is -2.30. The average molecular weight is 696 g/mol. The Balaban J connectivity index is 0.00000520. The van der Waals surface area contributed by atoms with Gasteiger partial charge in [0.25, 0.3) is 5.91 Å². The second-order valence-corrected chi connectivity index (χ2v) is 12.7. The van der Waals surface area contributed by atoms with Crippen LogP contribution in [-0.2, 0) is 24.4 Å². The number of aliphatic hydroxyl groups excluding tert-OH is 2. The summed E-state index contributed by atoms with van der Waals surface area (Å²) in [7, 11) is 1.92. The minimum absolute atomic E-state index is 0. The van der Waals surface area contributed by atoms with Crippen LogP contribution in [0.1, 0.15) is 40.9 Å². The van der Waals surface area contributed by atoms with Crippen LogP contribution >= 0.6 is 23.7 Å². The number of amides is 1. The lowest BCUT2D eigenvalue weighted by Gasteiger charge is -2.18. The number of halogens is 3. The number of benzene rings is 3. The number of hydrogen-bond donors (Lipinski definition) is 3. The number of anilines is 1. The van der Waals surface area contributed by atoms with E-state index in [2.05, 4.69) is 5.32 Å². The minimum Gasteiger partial charge on any atom is -0.393 e. The highest BCUT2D eigenvalue weighted by atomic mass is 35.5. The van der Waals surface area contributed by atoms with Crippen LogP contribution in [0.15, 0.2) is 83.8 Å². The van der Waals surface area contributed by atoms with Gasteiger partial charge >= 0.3 is 0 Å². The van der Waals surface area contributed by atoms with Crippen molar-refractivity contribution in [2.24, 2.45) is 5.92 Å². The van der Waals surface area contributed by atoms with Gasteiger partial charge in [0.05, 0.1) is 24.1 Å². The fraction of sp³-hybridized carbons (Fsp3) is 0.250. The maximum atomic E-state index is 14.9. The molecule has 3 aromatic carbocycles.